The van der Waals surface area contributed by atoms with E-state index in [4.69, 9.17) is 10.5 Å². The zero-order valence-electron chi connectivity index (χ0n) is 20.8. The lowest BCUT2D eigenvalue weighted by Crippen LogP contribution is -2.64. The maximum Gasteiger partial charge on any atom is 0.406 e. The highest BCUT2D eigenvalue weighted by molar-refractivity contribution is 5.88. The molecule has 2 saturated heterocycles. The van der Waals surface area contributed by atoms with Crippen LogP contribution in [0.2, 0.25) is 0 Å². The molecule has 6 heterocycles. The van der Waals surface area contributed by atoms with Gasteiger partial charge in [0.2, 0.25) is 5.95 Å². The molecule has 3 N–H and O–H groups in total. The number of aryl methyl sites for hydroxylation is 1. The largest absolute Gasteiger partial charge is 0.406 e. The molecule has 38 heavy (non-hydrogen) atoms. The monoisotopic (exact) mass is 533 g/mol. The lowest BCUT2D eigenvalue weighted by Gasteiger charge is -2.50. The van der Waals surface area contributed by atoms with Crippen molar-refractivity contribution in [2.75, 3.05) is 37.4 Å². The van der Waals surface area contributed by atoms with Gasteiger partial charge in [-0.15, -0.1) is 5.10 Å². The van der Waals surface area contributed by atoms with Gasteiger partial charge in [-0.05, 0) is 38.5 Å². The van der Waals surface area contributed by atoms with Gasteiger partial charge in [-0.3, -0.25) is 4.90 Å². The molecule has 6 rings (SSSR count). The van der Waals surface area contributed by atoms with E-state index in [-0.39, 0.29) is 28.8 Å². The molecule has 0 bridgehead atoms. The first kappa shape index (κ1) is 24.8. The Hall–Kier alpha value is -3.52. The van der Waals surface area contributed by atoms with Crippen molar-refractivity contribution in [2.24, 2.45) is 0 Å². The number of pyridine rings is 1. The van der Waals surface area contributed by atoms with E-state index in [1.165, 1.54) is 11.4 Å². The summed E-state index contributed by atoms with van der Waals surface area (Å²) >= 11 is 0. The molecule has 4 aromatic rings. The second-order valence-electron chi connectivity index (χ2n) is 10.2. The van der Waals surface area contributed by atoms with E-state index < -0.39 is 24.9 Å². The van der Waals surface area contributed by atoms with Gasteiger partial charge in [0.25, 0.3) is 0 Å². The number of likely N-dealkylation sites (tertiary alicyclic amines) is 1. The van der Waals surface area contributed by atoms with Crippen LogP contribution < -0.4 is 11.1 Å². The Kier molecular flexibility index (Phi) is 5.72. The van der Waals surface area contributed by atoms with Gasteiger partial charge in [-0.1, -0.05) is 0 Å². The number of rotatable bonds is 5. The summed E-state index contributed by atoms with van der Waals surface area (Å²) in [5.41, 5.74) is 8.07. The second kappa shape index (κ2) is 8.76. The molecule has 0 amide bonds. The maximum absolute atomic E-state index is 15.1. The predicted octanol–water partition coefficient (Wildman–Crippen LogP) is 3.21. The lowest BCUT2D eigenvalue weighted by atomic mass is 9.92. The average molecular weight is 534 g/mol. The fourth-order valence-corrected chi connectivity index (χ4v) is 5.26. The Labute approximate surface area is 214 Å². The van der Waals surface area contributed by atoms with Crippen molar-refractivity contribution in [1.82, 2.24) is 34.0 Å². The van der Waals surface area contributed by atoms with Crippen molar-refractivity contribution in [3.63, 3.8) is 0 Å². The van der Waals surface area contributed by atoms with Crippen LogP contribution in [0.25, 0.3) is 27.9 Å². The van der Waals surface area contributed by atoms with E-state index in [0.717, 1.165) is 11.1 Å². The summed E-state index contributed by atoms with van der Waals surface area (Å²) in [6, 6.07) is 4.54. The summed E-state index contributed by atoms with van der Waals surface area (Å²) in [5.74, 6) is 0.546. The fraction of sp³-hybridized carbons (Fsp3) is 0.500. The molecular formula is C24H27F4N9O. The van der Waals surface area contributed by atoms with Gasteiger partial charge in [0.15, 0.2) is 11.5 Å². The molecule has 0 saturated carbocycles. The van der Waals surface area contributed by atoms with E-state index in [9.17, 15) is 13.2 Å². The van der Waals surface area contributed by atoms with Gasteiger partial charge in [-0.25, -0.2) is 18.9 Å². The van der Waals surface area contributed by atoms with Gasteiger partial charge in [0.1, 0.15) is 29.6 Å². The third-order valence-corrected chi connectivity index (χ3v) is 7.38. The van der Waals surface area contributed by atoms with Gasteiger partial charge in [-0.2, -0.15) is 18.2 Å². The number of nitrogens with one attached hydrogen (secondary N) is 1. The third kappa shape index (κ3) is 4.30. The average Bonchev–Trinajstić information content (AvgIpc) is 3.39. The number of alkyl halides is 4. The van der Waals surface area contributed by atoms with Crippen LogP contribution in [0.15, 0.2) is 24.4 Å². The van der Waals surface area contributed by atoms with E-state index in [1.54, 1.807) is 24.4 Å². The first-order valence-corrected chi connectivity index (χ1v) is 12.3. The minimum absolute atomic E-state index is 0.114. The SMILES string of the molecule is Cc1nc2ccc(-c3ccn4nc(N[C@@H]5CCN(C6(C)COC6)C[C@@H]5F)nc(N)c34)nc2n1CC(F)(F)F. The standard InChI is InChI=1S/C24H27F4N9O/c1-13-30-18-4-3-16(31-21(18)36(13)10-24(26,27)28)14-5-8-37-19(14)20(29)33-22(34-37)32-17-6-7-35(9-15(17)25)23(2)11-38-12-23/h3-5,8,15,17H,6-7,9-12H2,1-2H3,(H3,29,32,33,34)/t15-,17+/m0/s1. The summed E-state index contributed by atoms with van der Waals surface area (Å²) < 4.78 is 62.3. The summed E-state index contributed by atoms with van der Waals surface area (Å²) in [6.07, 6.45) is -3.31. The molecule has 14 heteroatoms. The molecular weight excluding hydrogens is 506 g/mol. The normalized spacial score (nSPS) is 22.2. The summed E-state index contributed by atoms with van der Waals surface area (Å²) in [6.45, 7) is 4.63. The number of imidazole rings is 1. The Morgan fingerprint density at radius 1 is 1.18 bits per heavy atom. The number of nitrogens with zero attached hydrogens (tertiary/aromatic N) is 7. The van der Waals surface area contributed by atoms with E-state index >= 15 is 4.39 Å². The summed E-state index contributed by atoms with van der Waals surface area (Å²) in [4.78, 5) is 15.2. The number of nitrogen functional groups attached to an aromatic ring is 1. The first-order valence-electron chi connectivity index (χ1n) is 12.3. The van der Waals surface area contributed by atoms with Gasteiger partial charge in [0, 0.05) is 24.8 Å². The molecule has 2 aliphatic heterocycles. The van der Waals surface area contributed by atoms with Crippen molar-refractivity contribution < 1.29 is 22.3 Å². The predicted molar refractivity (Wildman–Crippen MR) is 132 cm³/mol. The van der Waals surface area contributed by atoms with Crippen LogP contribution >= 0.6 is 0 Å². The minimum atomic E-state index is -4.42. The number of fused-ring (bicyclic) bond motifs is 2. The maximum atomic E-state index is 15.1. The van der Waals surface area contributed by atoms with Gasteiger partial charge < -0.3 is 20.4 Å². The molecule has 0 unspecified atom stereocenters. The van der Waals surface area contributed by atoms with Gasteiger partial charge >= 0.3 is 6.18 Å². The zero-order valence-corrected chi connectivity index (χ0v) is 20.8. The second-order valence-corrected chi connectivity index (χ2v) is 10.2. The van der Waals surface area contributed by atoms with Crippen LogP contribution in [0.3, 0.4) is 0 Å². The highest BCUT2D eigenvalue weighted by Gasteiger charge is 2.43. The van der Waals surface area contributed by atoms with Crippen LogP contribution in [0, 0.1) is 6.92 Å². The molecule has 0 radical (unpaired) electrons. The highest BCUT2D eigenvalue weighted by Crippen LogP contribution is 2.32. The topological polar surface area (TPSA) is 111 Å². The zero-order chi connectivity index (χ0) is 26.8. The van der Waals surface area contributed by atoms with Crippen molar-refractivity contribution >= 4 is 28.4 Å². The summed E-state index contributed by atoms with van der Waals surface area (Å²) in [5, 5.41) is 7.55. The van der Waals surface area contributed by atoms with Crippen LogP contribution in [-0.4, -0.2) is 84.3 Å². The Morgan fingerprint density at radius 2 is 1.97 bits per heavy atom. The Balaban J connectivity index is 1.27. The van der Waals surface area contributed by atoms with Crippen molar-refractivity contribution in [1.29, 1.82) is 0 Å². The van der Waals surface area contributed by atoms with Crippen LogP contribution in [0.5, 0.6) is 0 Å². The van der Waals surface area contributed by atoms with E-state index in [0.29, 0.717) is 48.5 Å². The molecule has 0 aliphatic carbocycles. The first-order chi connectivity index (χ1) is 18.0. The Morgan fingerprint density at radius 3 is 2.66 bits per heavy atom. The number of hydrogen-bond donors (Lipinski definition) is 2. The number of anilines is 2. The molecule has 202 valence electrons. The Bertz CT molecular complexity index is 1510. The lowest BCUT2D eigenvalue weighted by molar-refractivity contribution is -0.142. The van der Waals surface area contributed by atoms with E-state index in [2.05, 4.69) is 37.2 Å². The smallest absolute Gasteiger partial charge is 0.382 e. The number of hydrogen-bond acceptors (Lipinski definition) is 8. The molecule has 2 atom stereocenters. The number of halogens is 4. The molecule has 10 nitrogen and oxygen atoms in total. The van der Waals surface area contributed by atoms with E-state index in [1.807, 2.05) is 0 Å². The molecule has 0 aromatic carbocycles. The number of nitrogens with two attached hydrogens (primary N) is 1. The molecule has 2 aliphatic rings. The number of aromatic nitrogens is 6. The molecule has 0 spiro atoms. The molecule has 4 aromatic heterocycles. The van der Waals surface area contributed by atoms with Crippen LogP contribution in [0.4, 0.5) is 29.3 Å². The fourth-order valence-electron chi connectivity index (χ4n) is 5.26. The van der Waals surface area contributed by atoms with Crippen molar-refractivity contribution in [3.05, 3.63) is 30.2 Å². The molecule has 2 fully saturated rings. The van der Waals surface area contributed by atoms with Crippen LogP contribution in [0.1, 0.15) is 19.2 Å². The summed E-state index contributed by atoms with van der Waals surface area (Å²) in [7, 11) is 0. The quantitative estimate of drug-likeness (QED) is 0.377. The highest BCUT2D eigenvalue weighted by atomic mass is 19.4. The minimum Gasteiger partial charge on any atom is -0.382 e. The third-order valence-electron chi connectivity index (χ3n) is 7.38. The van der Waals surface area contributed by atoms with Crippen LogP contribution in [-0.2, 0) is 11.3 Å². The number of ether oxygens (including phenoxy) is 1. The number of piperidine rings is 1. The van der Waals surface area contributed by atoms with Crippen molar-refractivity contribution in [2.45, 2.75) is 50.7 Å². The van der Waals surface area contributed by atoms with Crippen molar-refractivity contribution in [3.8, 4) is 11.3 Å². The van der Waals surface area contributed by atoms with Gasteiger partial charge in [0.05, 0.1) is 30.5 Å².